The molecule has 0 bridgehead atoms. The minimum absolute atomic E-state index is 0.0803. The van der Waals surface area contributed by atoms with Crippen LogP contribution in [0.4, 0.5) is 13.2 Å². The maximum absolute atomic E-state index is 13.2. The molecule has 25 heteroatoms. The van der Waals surface area contributed by atoms with Crippen LogP contribution < -0.4 is 15.6 Å². The van der Waals surface area contributed by atoms with Crippen molar-refractivity contribution in [1.82, 2.24) is 19.7 Å². The number of aliphatic hydroxyl groups is 1. The summed E-state index contributed by atoms with van der Waals surface area (Å²) in [6.07, 6.45) is 5.87. The summed E-state index contributed by atoms with van der Waals surface area (Å²) >= 11 is 3.07. The Bertz CT molecular complexity index is 2250. The molecule has 6 N–H and O–H groups in total. The highest BCUT2D eigenvalue weighted by Gasteiger charge is 2.39. The Morgan fingerprint density at radius 3 is 1.29 bits per heavy atom. The van der Waals surface area contributed by atoms with Gasteiger partial charge in [-0.25, -0.2) is 35.5 Å². The van der Waals surface area contributed by atoms with Gasteiger partial charge in [0.15, 0.2) is 25.0 Å². The summed E-state index contributed by atoms with van der Waals surface area (Å²) in [7, 11) is -8.96. The molecule has 3 heterocycles. The minimum Gasteiger partial charge on any atom is -0.415 e. The number of hydrogen-bond donors (Lipinski definition) is 4. The largest absolute Gasteiger partial charge is 0.415 e. The van der Waals surface area contributed by atoms with Crippen molar-refractivity contribution in [2.45, 2.75) is 205 Å². The number of aromatic nitrogens is 3. The number of hydrogen-bond acceptors (Lipinski definition) is 12. The second-order valence-electron chi connectivity index (χ2n) is 25.4. The summed E-state index contributed by atoms with van der Waals surface area (Å²) in [6.45, 7) is 50.4. The molecule has 0 spiro atoms. The first-order valence-corrected chi connectivity index (χ1v) is 38.4. The van der Waals surface area contributed by atoms with Crippen molar-refractivity contribution in [3.8, 4) is 0 Å². The van der Waals surface area contributed by atoms with E-state index >= 15 is 0 Å². The average Bonchev–Trinajstić information content (AvgIpc) is 3.28. The second-order valence-corrected chi connectivity index (χ2v) is 46.4. The average molecular weight is 1280 g/mol. The van der Waals surface area contributed by atoms with E-state index in [1.165, 1.54) is 30.5 Å². The number of aliphatic hydroxyl groups excluding tert-OH is 1. The Morgan fingerprint density at radius 1 is 0.628 bits per heavy atom. The van der Waals surface area contributed by atoms with Gasteiger partial charge >= 0.3 is 0 Å². The lowest BCUT2D eigenvalue weighted by molar-refractivity contribution is -0.109. The van der Waals surface area contributed by atoms with Gasteiger partial charge in [0.1, 0.15) is 39.3 Å². The Labute approximate surface area is 487 Å². The van der Waals surface area contributed by atoms with Gasteiger partial charge in [-0.1, -0.05) is 62.3 Å². The zero-order valence-electron chi connectivity index (χ0n) is 51.3. The van der Waals surface area contributed by atoms with Crippen molar-refractivity contribution in [2.75, 3.05) is 26.4 Å². The van der Waals surface area contributed by atoms with E-state index in [1.807, 2.05) is 62.3 Å². The van der Waals surface area contributed by atoms with Crippen molar-refractivity contribution in [3.63, 3.8) is 0 Å². The first-order valence-electron chi connectivity index (χ1n) is 25.4. The number of carbonyl (C=O) groups excluding carboxylic acids is 1. The molecule has 0 radical (unpaired) electrons. The van der Waals surface area contributed by atoms with Crippen LogP contribution in [-0.4, -0.2) is 111 Å². The lowest BCUT2D eigenvalue weighted by atomic mass is 10.2. The molecule has 0 aromatic carbocycles. The molecule has 0 aliphatic carbocycles. The van der Waals surface area contributed by atoms with Crippen molar-refractivity contribution >= 4 is 86.3 Å². The van der Waals surface area contributed by atoms with E-state index in [4.69, 9.17) is 29.3 Å². The summed E-state index contributed by atoms with van der Waals surface area (Å²) in [5, 5.41) is 14.1. The maximum atomic E-state index is 13.2. The zero-order chi connectivity index (χ0) is 62.1. The van der Waals surface area contributed by atoms with E-state index in [9.17, 15) is 30.6 Å². The maximum Gasteiger partial charge on any atom is 0.192 e. The van der Waals surface area contributed by atoms with Crippen LogP contribution in [0.1, 0.15) is 148 Å². The van der Waals surface area contributed by atoms with E-state index in [0.29, 0.717) is 29.2 Å². The fourth-order valence-corrected chi connectivity index (χ4v) is 8.23. The predicted molar refractivity (Wildman–Crippen MR) is 332 cm³/mol. The Hall–Kier alpha value is -2.12. The third-order valence-electron chi connectivity index (χ3n) is 12.3. The van der Waals surface area contributed by atoms with Gasteiger partial charge in [0.2, 0.25) is 0 Å². The third kappa shape index (κ3) is 35.0. The molecule has 5 atom stereocenters. The molecule has 3 aromatic heterocycles. The molecule has 0 saturated heterocycles. The van der Waals surface area contributed by atoms with Gasteiger partial charge in [-0.15, -0.1) is 0 Å². The second kappa shape index (κ2) is 35.1. The zero-order valence-corrected chi connectivity index (χ0v) is 58.4. The summed E-state index contributed by atoms with van der Waals surface area (Å²) in [6, 6.07) is 7.72. The van der Waals surface area contributed by atoms with E-state index in [2.05, 4.69) is 142 Å². The summed E-state index contributed by atoms with van der Waals surface area (Å²) in [4.78, 5) is 21.5. The monoisotopic (exact) mass is 1280 g/mol. The van der Waals surface area contributed by atoms with Gasteiger partial charge in [0, 0.05) is 6.21 Å². The van der Waals surface area contributed by atoms with Crippen LogP contribution in [0.25, 0.3) is 0 Å². The topological polar surface area (TPSA) is 231 Å². The first-order chi connectivity index (χ1) is 34.9. The van der Waals surface area contributed by atoms with Crippen LogP contribution in [0.2, 0.25) is 54.4 Å². The fraction of sp³-hybridized carbons (Fsp3) is 0.679. The first kappa shape index (κ1) is 80.1. The molecule has 78 heavy (non-hydrogen) atoms. The number of nitrogens with two attached hydrogens (primary N) is 2. The molecule has 1 unspecified atom stereocenters. The van der Waals surface area contributed by atoms with Gasteiger partial charge in [-0.2, -0.15) is 4.40 Å². The molecule has 0 aliphatic rings. The highest BCUT2D eigenvalue weighted by atomic mass is 79.9. The molecular weight excluding hydrogens is 1180 g/mol. The van der Waals surface area contributed by atoms with E-state index < -0.39 is 74.5 Å². The van der Waals surface area contributed by atoms with Gasteiger partial charge in [0.05, 0.1) is 105 Å². The summed E-state index contributed by atoms with van der Waals surface area (Å²) in [5.74, 6) is -1.10. The number of aldehydes is 1. The molecule has 0 fully saturated rings. The number of pyridine rings is 3. The van der Waals surface area contributed by atoms with E-state index in [-0.39, 0.29) is 55.5 Å². The number of nitrogens with zero attached hydrogens (tertiary/aromatic N) is 4. The van der Waals surface area contributed by atoms with Crippen molar-refractivity contribution in [2.24, 2.45) is 15.3 Å². The van der Waals surface area contributed by atoms with E-state index in [1.54, 1.807) is 18.3 Å². The lowest BCUT2D eigenvalue weighted by Crippen LogP contribution is -2.44. The van der Waals surface area contributed by atoms with Crippen LogP contribution in [-0.2, 0) is 51.0 Å². The van der Waals surface area contributed by atoms with Gasteiger partial charge in [0.25, 0.3) is 0 Å². The molecule has 0 aliphatic heterocycles. The molecular formula is C53H99BrF3N7O8S3Si3. The Morgan fingerprint density at radius 2 is 1.00 bits per heavy atom. The molecule has 0 saturated carbocycles. The molecule has 0 amide bonds. The number of carbonyl (C=O) groups is 1. The number of halogens is 4. The van der Waals surface area contributed by atoms with Gasteiger partial charge in [-0.05, 0) is 169 Å². The smallest absolute Gasteiger partial charge is 0.192 e. The van der Waals surface area contributed by atoms with Crippen molar-refractivity contribution < 1.29 is 49.0 Å². The molecule has 3 aromatic rings. The third-order valence-corrected chi connectivity index (χ3v) is 30.5. The van der Waals surface area contributed by atoms with Gasteiger partial charge in [-0.3, -0.25) is 15.1 Å². The number of rotatable bonds is 15. The summed E-state index contributed by atoms with van der Waals surface area (Å²) < 4.78 is 96.5. The van der Waals surface area contributed by atoms with E-state index in [0.717, 1.165) is 18.7 Å². The van der Waals surface area contributed by atoms with Crippen molar-refractivity contribution in [1.29, 1.82) is 0 Å². The van der Waals surface area contributed by atoms with Crippen LogP contribution in [0.15, 0.2) is 64.0 Å². The highest BCUT2D eigenvalue weighted by Crippen LogP contribution is 2.38. The standard InChI is InChI=1S/C17H31FN2O2SSi.C12H27NO2SSi.C8H18O2Si.C7H9FN2O.C5H3BrFN.C4H11NOS/c1-16(2,3)23(21)20-15(14-10-9-13(18)11-19-14)12-22-24(7,8)17(4,5)6;1-11(2,3)16(14)13-9-10-15-17(7,8)12(4,5)6;1-8(2,3)11(4,5)10-7-6-9;8-5-1-2-7(10-3-5)6(9)4-11;6-5-2-1-4(7)3-8-5;1-4(2,3)7(5)6/h9-11,15,20H,12H2,1-8H3;9H,10H2,1-8H3;6H,7H2,1-5H3;1-3,6,11H,4,9H2;1-3H;5H2,1-3H3/t15-,23?;16-;;6-;;7-/m10.1.0/s1. The number of nitrogens with one attached hydrogen (secondary N) is 1. The predicted octanol–water partition coefficient (Wildman–Crippen LogP) is 12.7. The fourth-order valence-electron chi connectivity index (χ4n) is 3.82. The van der Waals surface area contributed by atoms with Gasteiger partial charge < -0.3 is 28.9 Å². The minimum atomic E-state index is -1.95. The summed E-state index contributed by atoms with van der Waals surface area (Å²) in [5.41, 5.74) is 6.54. The van der Waals surface area contributed by atoms with Crippen LogP contribution in [0, 0.1) is 17.5 Å². The normalized spacial score (nSPS) is 14.7. The Kier molecular flexibility index (Phi) is 36.1. The van der Waals surface area contributed by atoms with Crippen LogP contribution >= 0.6 is 15.9 Å². The lowest BCUT2D eigenvalue weighted by Gasteiger charge is -2.37. The van der Waals surface area contributed by atoms with Crippen LogP contribution in [0.5, 0.6) is 0 Å². The molecule has 15 nitrogen and oxygen atoms in total. The molecule has 3 rings (SSSR count). The highest BCUT2D eigenvalue weighted by molar-refractivity contribution is 9.10. The molecule has 452 valence electrons. The van der Waals surface area contributed by atoms with Crippen LogP contribution in [0.3, 0.4) is 0 Å². The Balaban J connectivity index is -0.000000914. The SMILES string of the molecule is CC(C)(C)S(=O)N[C@H](CO[Si](C)(C)C(C)(C)C)c1ccc(F)cn1.CC(C)(C)[S@@](N)=O.CC(C)(C)[S@](=O)N=CCO[Si](C)(C)C(C)(C)C.CC(C)(C)[Si](C)(C)OCC=O.Fc1ccc(Br)nc1.N[C@H](CO)c1ccc(F)cn1. The quantitative estimate of drug-likeness (QED) is 0.0482. The van der Waals surface area contributed by atoms with Crippen molar-refractivity contribution in [3.05, 3.63) is 88.4 Å².